The number of carboxylic acids is 1. The Balaban J connectivity index is 5.49. The number of carboxylic acid groups (broad SMARTS) is 1. The summed E-state index contributed by atoms with van der Waals surface area (Å²) in [5, 5.41) is 35.5. The van der Waals surface area contributed by atoms with Gasteiger partial charge in [0.25, 0.3) is 0 Å². The van der Waals surface area contributed by atoms with E-state index < -0.39 is 66.5 Å². The first-order valence-corrected chi connectivity index (χ1v) is 10.6. The molecule has 0 aliphatic carbocycles. The van der Waals surface area contributed by atoms with Crippen molar-refractivity contribution in [3.63, 3.8) is 0 Å². The molecule has 0 aliphatic heterocycles. The van der Waals surface area contributed by atoms with Crippen molar-refractivity contribution in [1.29, 1.82) is 0 Å². The quantitative estimate of drug-likeness (QED) is 0.0636. The maximum atomic E-state index is 12.8. The Hall–Kier alpha value is -2.97. The van der Waals surface area contributed by atoms with Crippen LogP contribution in [0.3, 0.4) is 0 Å². The highest BCUT2D eigenvalue weighted by Crippen LogP contribution is 2.09. The summed E-state index contributed by atoms with van der Waals surface area (Å²) in [4.78, 5) is 52.8. The molecule has 14 heteroatoms. The van der Waals surface area contributed by atoms with Gasteiger partial charge in [0.15, 0.2) is 5.96 Å². The van der Waals surface area contributed by atoms with Crippen molar-refractivity contribution < 1.29 is 34.5 Å². The average molecular weight is 476 g/mol. The molecule has 0 aromatic rings. The van der Waals surface area contributed by atoms with Crippen LogP contribution >= 0.6 is 0 Å². The van der Waals surface area contributed by atoms with Crippen LogP contribution in [0.5, 0.6) is 0 Å². The molecule has 12 N–H and O–H groups in total. The molecule has 14 nitrogen and oxygen atoms in total. The highest BCUT2D eigenvalue weighted by atomic mass is 16.4. The first-order valence-electron chi connectivity index (χ1n) is 10.6. The fourth-order valence-corrected chi connectivity index (χ4v) is 2.72. The van der Waals surface area contributed by atoms with E-state index in [1.807, 2.05) is 0 Å². The fourth-order valence-electron chi connectivity index (χ4n) is 2.72. The van der Waals surface area contributed by atoms with E-state index in [0.29, 0.717) is 6.42 Å². The lowest BCUT2D eigenvalue weighted by Gasteiger charge is -2.27. The van der Waals surface area contributed by atoms with Gasteiger partial charge in [0, 0.05) is 6.54 Å². The smallest absolute Gasteiger partial charge is 0.326 e. The summed E-state index contributed by atoms with van der Waals surface area (Å²) >= 11 is 0. The van der Waals surface area contributed by atoms with Gasteiger partial charge in [-0.3, -0.25) is 19.4 Å². The number of nitrogens with one attached hydrogen (secondary N) is 3. The number of carbonyl (C=O) groups is 4. The summed E-state index contributed by atoms with van der Waals surface area (Å²) in [6.45, 7) is 4.15. The van der Waals surface area contributed by atoms with Gasteiger partial charge in [-0.25, -0.2) is 4.79 Å². The Kier molecular flexibility index (Phi) is 13.6. The Morgan fingerprint density at radius 2 is 1.55 bits per heavy atom. The minimum atomic E-state index is -1.49. The number of aliphatic hydroxyl groups is 2. The summed E-state index contributed by atoms with van der Waals surface area (Å²) in [6.07, 6.45) is -0.591. The SMILES string of the molecule is CCC(C)C(NC(=O)C(NC(=O)C(CCCN=C(N)N)NC(=O)C(N)CO)C(C)O)C(=O)O. The molecule has 0 fully saturated rings. The zero-order chi connectivity index (χ0) is 25.7. The molecule has 0 bridgehead atoms. The average Bonchev–Trinajstić information content (AvgIpc) is 2.75. The summed E-state index contributed by atoms with van der Waals surface area (Å²) < 4.78 is 0. The number of aliphatic imine (C=N–C) groups is 1. The van der Waals surface area contributed by atoms with Crippen molar-refractivity contribution in [2.24, 2.45) is 28.1 Å². The molecular formula is C19H37N7O7. The maximum Gasteiger partial charge on any atom is 0.326 e. The van der Waals surface area contributed by atoms with Gasteiger partial charge in [-0.05, 0) is 25.7 Å². The van der Waals surface area contributed by atoms with Gasteiger partial charge >= 0.3 is 5.97 Å². The molecule has 0 aliphatic rings. The Bertz CT molecular complexity index is 698. The van der Waals surface area contributed by atoms with E-state index in [9.17, 15) is 29.4 Å². The van der Waals surface area contributed by atoms with Crippen LogP contribution in [0.2, 0.25) is 0 Å². The number of rotatable bonds is 15. The van der Waals surface area contributed by atoms with E-state index in [1.165, 1.54) is 6.92 Å². The molecular weight excluding hydrogens is 438 g/mol. The minimum Gasteiger partial charge on any atom is -0.480 e. The molecule has 0 aromatic carbocycles. The van der Waals surface area contributed by atoms with Gasteiger partial charge in [-0.1, -0.05) is 20.3 Å². The number of hydrogen-bond donors (Lipinski definition) is 9. The molecule has 3 amide bonds. The molecule has 6 atom stereocenters. The fraction of sp³-hybridized carbons (Fsp3) is 0.737. The number of aliphatic hydroxyl groups excluding tert-OH is 2. The molecule has 0 spiro atoms. The number of guanidine groups is 1. The lowest BCUT2D eigenvalue weighted by Crippen LogP contribution is -2.60. The number of carbonyl (C=O) groups excluding carboxylic acids is 3. The van der Waals surface area contributed by atoms with Crippen LogP contribution in [0.25, 0.3) is 0 Å². The van der Waals surface area contributed by atoms with Crippen LogP contribution in [0.15, 0.2) is 4.99 Å². The first kappa shape index (κ1) is 30.0. The Morgan fingerprint density at radius 1 is 0.970 bits per heavy atom. The van der Waals surface area contributed by atoms with Crippen molar-refractivity contribution >= 4 is 29.7 Å². The third kappa shape index (κ3) is 10.9. The van der Waals surface area contributed by atoms with Gasteiger partial charge in [-0.2, -0.15) is 0 Å². The van der Waals surface area contributed by atoms with Crippen molar-refractivity contribution in [2.45, 2.75) is 70.3 Å². The molecule has 6 unspecified atom stereocenters. The van der Waals surface area contributed by atoms with E-state index in [0.717, 1.165) is 0 Å². The molecule has 0 saturated carbocycles. The molecule has 33 heavy (non-hydrogen) atoms. The summed E-state index contributed by atoms with van der Waals surface area (Å²) in [5.41, 5.74) is 16.0. The summed E-state index contributed by atoms with van der Waals surface area (Å²) in [5.74, 6) is -4.34. The maximum absolute atomic E-state index is 12.8. The van der Waals surface area contributed by atoms with Crippen molar-refractivity contribution in [2.75, 3.05) is 13.2 Å². The van der Waals surface area contributed by atoms with Crippen LogP contribution in [0, 0.1) is 5.92 Å². The van der Waals surface area contributed by atoms with Gasteiger partial charge in [0.2, 0.25) is 17.7 Å². The molecule has 0 saturated heterocycles. The van der Waals surface area contributed by atoms with Crippen molar-refractivity contribution in [3.05, 3.63) is 0 Å². The molecule has 0 rings (SSSR count). The van der Waals surface area contributed by atoms with Crippen molar-refractivity contribution in [1.82, 2.24) is 16.0 Å². The number of nitrogens with two attached hydrogens (primary N) is 3. The topological polar surface area (TPSA) is 255 Å². The van der Waals surface area contributed by atoms with Crippen LogP contribution in [0.4, 0.5) is 0 Å². The van der Waals surface area contributed by atoms with Gasteiger partial charge in [0.05, 0.1) is 12.7 Å². The van der Waals surface area contributed by atoms with E-state index in [1.54, 1.807) is 13.8 Å². The first-order chi connectivity index (χ1) is 15.3. The van der Waals surface area contributed by atoms with E-state index in [2.05, 4.69) is 20.9 Å². The zero-order valence-electron chi connectivity index (χ0n) is 19.2. The molecule has 0 heterocycles. The van der Waals surface area contributed by atoms with E-state index in [-0.39, 0.29) is 25.3 Å². The third-order valence-corrected chi connectivity index (χ3v) is 4.95. The number of amides is 3. The predicted molar refractivity (Wildman–Crippen MR) is 120 cm³/mol. The monoisotopic (exact) mass is 475 g/mol. The molecule has 0 radical (unpaired) electrons. The van der Waals surface area contributed by atoms with Crippen LogP contribution < -0.4 is 33.2 Å². The van der Waals surface area contributed by atoms with Crippen LogP contribution in [-0.2, 0) is 19.2 Å². The minimum absolute atomic E-state index is 0.0469. The number of hydrogen-bond acceptors (Lipinski definition) is 8. The highest BCUT2D eigenvalue weighted by molar-refractivity contribution is 5.94. The van der Waals surface area contributed by atoms with Crippen LogP contribution in [0.1, 0.15) is 40.0 Å². The van der Waals surface area contributed by atoms with Gasteiger partial charge in [-0.15, -0.1) is 0 Å². The number of nitrogens with zero attached hydrogens (tertiary/aromatic N) is 1. The third-order valence-electron chi connectivity index (χ3n) is 4.95. The normalized spacial score (nSPS) is 16.3. The molecule has 190 valence electrons. The largest absolute Gasteiger partial charge is 0.480 e. The lowest BCUT2D eigenvalue weighted by molar-refractivity contribution is -0.144. The van der Waals surface area contributed by atoms with Crippen molar-refractivity contribution in [3.8, 4) is 0 Å². The number of aliphatic carboxylic acids is 1. The van der Waals surface area contributed by atoms with Gasteiger partial charge in [0.1, 0.15) is 24.2 Å². The van der Waals surface area contributed by atoms with Gasteiger partial charge < -0.3 is 48.5 Å². The molecule has 0 aromatic heterocycles. The van der Waals surface area contributed by atoms with E-state index in [4.69, 9.17) is 22.3 Å². The second kappa shape index (κ2) is 15.0. The zero-order valence-corrected chi connectivity index (χ0v) is 19.2. The second-order valence-electron chi connectivity index (χ2n) is 7.74. The standard InChI is InChI=1S/C19H37N7O7/c1-4-9(2)13(18(32)33)25-17(31)14(10(3)28)26-16(30)12(6-5-7-23-19(21)22)24-15(29)11(20)8-27/h9-14,27-28H,4-8,20H2,1-3H3,(H,24,29)(H,25,31)(H,26,30)(H,32,33)(H4,21,22,23). The second-order valence-corrected chi connectivity index (χ2v) is 7.74. The lowest BCUT2D eigenvalue weighted by atomic mass is 9.98. The summed E-state index contributed by atoms with van der Waals surface area (Å²) in [7, 11) is 0. The Morgan fingerprint density at radius 3 is 2.00 bits per heavy atom. The Labute approximate surface area is 192 Å². The predicted octanol–water partition coefficient (Wildman–Crippen LogP) is -3.67. The highest BCUT2D eigenvalue weighted by Gasteiger charge is 2.33. The summed E-state index contributed by atoms with van der Waals surface area (Å²) in [6, 6.07) is -5.19. The van der Waals surface area contributed by atoms with Crippen LogP contribution in [-0.4, -0.2) is 88.4 Å². The van der Waals surface area contributed by atoms with E-state index >= 15 is 0 Å².